The molecule has 1 atom stereocenters. The standard InChI is InChI=1S/C20H21N5O3S/c1-20(2,3)28-19(27)24(13-4-5-13)17-8-15(16-7-6-14(9-21)29-16)23-18-12(11-26)10-22-25(17)18/h6,8,10-11,13,16H,4-5,7H2,1-3H3. The number of carbonyl (C=O) groups excluding carboxylic acids is 2. The quantitative estimate of drug-likeness (QED) is 0.700. The van der Waals surface area contributed by atoms with Crippen molar-refractivity contribution in [3.8, 4) is 6.07 Å². The maximum Gasteiger partial charge on any atom is 0.416 e. The normalized spacial score (nSPS) is 19.0. The molecular weight excluding hydrogens is 390 g/mol. The number of rotatable bonds is 4. The molecule has 0 saturated heterocycles. The Morgan fingerprint density at radius 3 is 2.79 bits per heavy atom. The molecule has 4 rings (SSSR count). The predicted octanol–water partition coefficient (Wildman–Crippen LogP) is 4.03. The lowest BCUT2D eigenvalue weighted by Crippen LogP contribution is -2.39. The monoisotopic (exact) mass is 411 g/mol. The minimum Gasteiger partial charge on any atom is -0.443 e. The molecule has 1 amide bonds. The van der Waals surface area contributed by atoms with Crippen LogP contribution in [0.2, 0.25) is 0 Å². The summed E-state index contributed by atoms with van der Waals surface area (Å²) in [6.45, 7) is 5.48. The Hall–Kier alpha value is -2.86. The van der Waals surface area contributed by atoms with Crippen molar-refractivity contribution in [2.24, 2.45) is 0 Å². The minimum atomic E-state index is -0.635. The fraction of sp³-hybridized carbons (Fsp3) is 0.450. The molecule has 150 valence electrons. The molecule has 2 aromatic rings. The van der Waals surface area contributed by atoms with E-state index >= 15 is 0 Å². The van der Waals surface area contributed by atoms with E-state index in [1.54, 1.807) is 4.90 Å². The van der Waals surface area contributed by atoms with Crippen LogP contribution < -0.4 is 4.90 Å². The zero-order valence-electron chi connectivity index (χ0n) is 16.5. The molecule has 1 saturated carbocycles. The molecular formula is C20H21N5O3S. The smallest absolute Gasteiger partial charge is 0.416 e. The molecule has 1 unspecified atom stereocenters. The van der Waals surface area contributed by atoms with Crippen molar-refractivity contribution in [2.45, 2.75) is 56.9 Å². The summed E-state index contributed by atoms with van der Waals surface area (Å²) in [6.07, 6.45) is 6.00. The number of aromatic nitrogens is 3. The second-order valence-electron chi connectivity index (χ2n) is 8.10. The van der Waals surface area contributed by atoms with Crippen LogP contribution in [-0.2, 0) is 4.74 Å². The van der Waals surface area contributed by atoms with Crippen LogP contribution in [0.1, 0.15) is 61.3 Å². The highest BCUT2D eigenvalue weighted by atomic mass is 32.2. The summed E-state index contributed by atoms with van der Waals surface area (Å²) < 4.78 is 7.16. The van der Waals surface area contributed by atoms with Gasteiger partial charge in [0.15, 0.2) is 11.9 Å². The number of thioether (sulfide) groups is 1. The van der Waals surface area contributed by atoms with Gasteiger partial charge in [0.05, 0.1) is 27.6 Å². The molecule has 0 aromatic carbocycles. The molecule has 8 nitrogen and oxygen atoms in total. The largest absolute Gasteiger partial charge is 0.443 e. The number of nitrogens with zero attached hydrogens (tertiary/aromatic N) is 5. The van der Waals surface area contributed by atoms with E-state index in [9.17, 15) is 9.59 Å². The number of hydrogen-bond donors (Lipinski definition) is 0. The van der Waals surface area contributed by atoms with E-state index in [1.807, 2.05) is 32.9 Å². The number of carbonyl (C=O) groups is 2. The van der Waals surface area contributed by atoms with E-state index < -0.39 is 11.7 Å². The van der Waals surface area contributed by atoms with Crippen LogP contribution in [0.15, 0.2) is 23.2 Å². The molecule has 0 bridgehead atoms. The van der Waals surface area contributed by atoms with Crippen molar-refractivity contribution in [3.63, 3.8) is 0 Å². The van der Waals surface area contributed by atoms with E-state index in [1.165, 1.54) is 22.5 Å². The van der Waals surface area contributed by atoms with Gasteiger partial charge in [-0.15, -0.1) is 11.8 Å². The van der Waals surface area contributed by atoms with Crippen LogP contribution in [0.3, 0.4) is 0 Å². The average molecular weight is 411 g/mol. The molecule has 1 fully saturated rings. The molecule has 1 aliphatic heterocycles. The highest BCUT2D eigenvalue weighted by molar-refractivity contribution is 8.03. The topological polar surface area (TPSA) is 101 Å². The minimum absolute atomic E-state index is 0.0243. The molecule has 2 aromatic heterocycles. The first-order valence-electron chi connectivity index (χ1n) is 9.43. The first-order chi connectivity index (χ1) is 13.8. The van der Waals surface area contributed by atoms with Gasteiger partial charge in [0.25, 0.3) is 0 Å². The summed E-state index contributed by atoms with van der Waals surface area (Å²) >= 11 is 1.44. The second kappa shape index (κ2) is 7.19. The molecule has 2 aliphatic rings. The highest BCUT2D eigenvalue weighted by Crippen LogP contribution is 2.44. The van der Waals surface area contributed by atoms with Gasteiger partial charge in [0, 0.05) is 12.1 Å². The Bertz CT molecular complexity index is 1060. The number of amides is 1. The maximum absolute atomic E-state index is 13.0. The van der Waals surface area contributed by atoms with Gasteiger partial charge < -0.3 is 4.74 Å². The lowest BCUT2D eigenvalue weighted by Gasteiger charge is -2.28. The Balaban J connectivity index is 1.81. The van der Waals surface area contributed by atoms with Crippen molar-refractivity contribution < 1.29 is 14.3 Å². The Labute approximate surface area is 172 Å². The van der Waals surface area contributed by atoms with Gasteiger partial charge in [-0.1, -0.05) is 6.08 Å². The average Bonchev–Trinajstić information content (AvgIpc) is 3.21. The van der Waals surface area contributed by atoms with Gasteiger partial charge in [-0.25, -0.2) is 9.78 Å². The summed E-state index contributed by atoms with van der Waals surface area (Å²) in [5.41, 5.74) is 0.818. The van der Waals surface area contributed by atoms with Gasteiger partial charge in [-0.05, 0) is 40.0 Å². The van der Waals surface area contributed by atoms with Crippen molar-refractivity contribution in [1.29, 1.82) is 5.26 Å². The van der Waals surface area contributed by atoms with E-state index in [2.05, 4.69) is 16.2 Å². The third-order valence-corrected chi connectivity index (χ3v) is 5.83. The summed E-state index contributed by atoms with van der Waals surface area (Å²) in [5, 5.41) is 13.4. The highest BCUT2D eigenvalue weighted by Gasteiger charge is 2.39. The molecule has 0 spiro atoms. The summed E-state index contributed by atoms with van der Waals surface area (Å²) in [5.74, 6) is 0.529. The lowest BCUT2D eigenvalue weighted by molar-refractivity contribution is 0.0575. The fourth-order valence-corrected chi connectivity index (χ4v) is 4.18. The molecule has 9 heteroatoms. The van der Waals surface area contributed by atoms with Gasteiger partial charge >= 0.3 is 6.09 Å². The number of hydrogen-bond acceptors (Lipinski definition) is 7. The first kappa shape index (κ1) is 19.5. The molecule has 3 heterocycles. The number of allylic oxidation sites excluding steroid dienone is 2. The Kier molecular flexibility index (Phi) is 4.82. The SMILES string of the molecule is CC(C)(C)OC(=O)N(c1cc(C2CC=C(C#N)S2)nc2c(C=O)cnn12)C1CC1. The van der Waals surface area contributed by atoms with Crippen molar-refractivity contribution in [1.82, 2.24) is 14.6 Å². The van der Waals surface area contributed by atoms with Crippen LogP contribution in [-0.4, -0.2) is 38.6 Å². The third kappa shape index (κ3) is 3.85. The zero-order valence-corrected chi connectivity index (χ0v) is 17.3. The number of anilines is 1. The molecule has 1 aliphatic carbocycles. The van der Waals surface area contributed by atoms with E-state index in [0.29, 0.717) is 40.3 Å². The van der Waals surface area contributed by atoms with Crippen molar-refractivity contribution >= 4 is 35.6 Å². The van der Waals surface area contributed by atoms with Crippen LogP contribution in [0.4, 0.5) is 10.6 Å². The molecule has 29 heavy (non-hydrogen) atoms. The first-order valence-corrected chi connectivity index (χ1v) is 10.3. The Morgan fingerprint density at radius 2 is 2.21 bits per heavy atom. The van der Waals surface area contributed by atoms with Gasteiger partial charge in [-0.3, -0.25) is 9.69 Å². The van der Waals surface area contributed by atoms with Gasteiger partial charge in [0.2, 0.25) is 0 Å². The fourth-order valence-electron chi connectivity index (χ4n) is 3.19. The summed E-state index contributed by atoms with van der Waals surface area (Å²) in [7, 11) is 0. The van der Waals surface area contributed by atoms with Crippen LogP contribution in [0.25, 0.3) is 5.65 Å². The molecule has 0 N–H and O–H groups in total. The zero-order chi connectivity index (χ0) is 20.8. The molecule has 0 radical (unpaired) electrons. The van der Waals surface area contributed by atoms with Gasteiger partial charge in [-0.2, -0.15) is 14.9 Å². The summed E-state index contributed by atoms with van der Waals surface area (Å²) in [4.78, 5) is 31.4. The van der Waals surface area contributed by atoms with Crippen LogP contribution in [0.5, 0.6) is 0 Å². The number of fused-ring (bicyclic) bond motifs is 1. The van der Waals surface area contributed by atoms with Crippen LogP contribution >= 0.6 is 11.8 Å². The van der Waals surface area contributed by atoms with E-state index in [4.69, 9.17) is 10.00 Å². The maximum atomic E-state index is 13.0. The van der Waals surface area contributed by atoms with E-state index in [-0.39, 0.29) is 11.3 Å². The van der Waals surface area contributed by atoms with E-state index in [0.717, 1.165) is 12.8 Å². The van der Waals surface area contributed by atoms with Crippen LogP contribution in [0, 0.1) is 11.3 Å². The summed E-state index contributed by atoms with van der Waals surface area (Å²) in [6, 6.07) is 4.01. The van der Waals surface area contributed by atoms with Gasteiger partial charge in [0.1, 0.15) is 17.5 Å². The number of nitriles is 1. The number of ether oxygens (including phenoxy) is 1. The predicted molar refractivity (Wildman–Crippen MR) is 109 cm³/mol. The number of aldehydes is 1. The second-order valence-corrected chi connectivity index (χ2v) is 9.34. The third-order valence-electron chi connectivity index (χ3n) is 4.60. The van der Waals surface area contributed by atoms with Crippen molar-refractivity contribution in [2.75, 3.05) is 4.90 Å². The lowest BCUT2D eigenvalue weighted by atomic mass is 10.2. The van der Waals surface area contributed by atoms with Crippen molar-refractivity contribution in [3.05, 3.63) is 34.5 Å². The Morgan fingerprint density at radius 1 is 1.45 bits per heavy atom.